The smallest absolute Gasteiger partial charge is 0.255 e. The molecule has 5 heteroatoms. The van der Waals surface area contributed by atoms with Gasteiger partial charge >= 0.3 is 0 Å². The minimum Gasteiger partial charge on any atom is -0.368 e. The van der Waals surface area contributed by atoms with Crippen molar-refractivity contribution in [1.29, 1.82) is 0 Å². The van der Waals surface area contributed by atoms with Crippen molar-refractivity contribution in [2.75, 3.05) is 18.4 Å². The average Bonchev–Trinajstić information content (AvgIpc) is 2.55. The summed E-state index contributed by atoms with van der Waals surface area (Å²) in [5.41, 5.74) is 2.38. The van der Waals surface area contributed by atoms with Gasteiger partial charge < -0.3 is 15.4 Å². The first-order chi connectivity index (χ1) is 11.1. The van der Waals surface area contributed by atoms with Gasteiger partial charge in [0.2, 0.25) is 0 Å². The van der Waals surface area contributed by atoms with E-state index in [2.05, 4.69) is 17.6 Å². The zero-order chi connectivity index (χ0) is 16.2. The first kappa shape index (κ1) is 16.0. The molecule has 1 fully saturated rings. The topological polar surface area (TPSA) is 50.4 Å². The van der Waals surface area contributed by atoms with Crippen LogP contribution in [0.3, 0.4) is 0 Å². The van der Waals surface area contributed by atoms with Crippen LogP contribution in [0.4, 0.5) is 5.69 Å². The van der Waals surface area contributed by atoms with Crippen LogP contribution in [0.25, 0.3) is 0 Å². The number of rotatable bonds is 3. The molecule has 1 aliphatic heterocycles. The molecule has 1 heterocycles. The first-order valence-corrected chi connectivity index (χ1v) is 8.02. The molecule has 2 aromatic carbocycles. The van der Waals surface area contributed by atoms with Gasteiger partial charge in [-0.1, -0.05) is 29.8 Å². The fraction of sp³-hybridized carbons (Fsp3) is 0.278. The van der Waals surface area contributed by atoms with Crippen LogP contribution < -0.4 is 10.6 Å². The zero-order valence-electron chi connectivity index (χ0n) is 12.9. The van der Waals surface area contributed by atoms with Crippen molar-refractivity contribution < 1.29 is 9.53 Å². The molecule has 0 aromatic heterocycles. The third-order valence-electron chi connectivity index (χ3n) is 3.79. The number of anilines is 1. The van der Waals surface area contributed by atoms with Crippen molar-refractivity contribution in [1.82, 2.24) is 5.32 Å². The van der Waals surface area contributed by atoms with Gasteiger partial charge in [0.05, 0.1) is 12.2 Å². The van der Waals surface area contributed by atoms with Gasteiger partial charge in [0, 0.05) is 29.4 Å². The number of halogens is 1. The van der Waals surface area contributed by atoms with E-state index >= 15 is 0 Å². The van der Waals surface area contributed by atoms with Gasteiger partial charge in [-0.05, 0) is 42.8 Å². The van der Waals surface area contributed by atoms with Crippen molar-refractivity contribution in [3.63, 3.8) is 0 Å². The summed E-state index contributed by atoms with van der Waals surface area (Å²) < 4.78 is 5.91. The van der Waals surface area contributed by atoms with Gasteiger partial charge in [0.1, 0.15) is 0 Å². The predicted octanol–water partition coefficient (Wildman–Crippen LogP) is 3.64. The van der Waals surface area contributed by atoms with E-state index in [0.717, 1.165) is 24.3 Å². The van der Waals surface area contributed by atoms with E-state index in [1.54, 1.807) is 24.3 Å². The molecule has 0 saturated carbocycles. The summed E-state index contributed by atoms with van der Waals surface area (Å²) in [5, 5.41) is 6.77. The lowest BCUT2D eigenvalue weighted by molar-refractivity contribution is -0.0287. The minimum absolute atomic E-state index is 0.0523. The van der Waals surface area contributed by atoms with Crippen molar-refractivity contribution in [3.05, 3.63) is 64.7 Å². The molecule has 3 rings (SSSR count). The summed E-state index contributed by atoms with van der Waals surface area (Å²) in [5.74, 6) is -0.176. The molecular weight excluding hydrogens is 312 g/mol. The Morgan fingerprint density at radius 1 is 1.22 bits per heavy atom. The van der Waals surface area contributed by atoms with E-state index in [1.165, 1.54) is 0 Å². The normalized spacial score (nSPS) is 21.0. The monoisotopic (exact) mass is 330 g/mol. The summed E-state index contributed by atoms with van der Waals surface area (Å²) in [6.07, 6.45) is 0.257. The lowest BCUT2D eigenvalue weighted by atomic mass is 10.1. The predicted molar refractivity (Wildman–Crippen MR) is 92.0 cm³/mol. The standard InChI is InChI=1S/C18H19ClN2O2/c1-12-10-20-11-17(23-12)13-5-7-16(8-6-13)21-18(22)14-3-2-4-15(19)9-14/h2-9,12,17,20H,10-11H2,1H3,(H,21,22)/t12-,17?/m0/s1. The lowest BCUT2D eigenvalue weighted by Gasteiger charge is -2.29. The van der Waals surface area contributed by atoms with Crippen molar-refractivity contribution in [2.24, 2.45) is 0 Å². The Morgan fingerprint density at radius 2 is 2.00 bits per heavy atom. The van der Waals surface area contributed by atoms with Crippen LogP contribution in [-0.2, 0) is 4.74 Å². The number of morpholine rings is 1. The highest BCUT2D eigenvalue weighted by atomic mass is 35.5. The molecule has 1 amide bonds. The molecule has 120 valence electrons. The van der Waals surface area contributed by atoms with Crippen molar-refractivity contribution in [3.8, 4) is 0 Å². The molecule has 1 aliphatic rings. The molecule has 2 N–H and O–H groups in total. The Kier molecular flexibility index (Phi) is 4.96. The Hall–Kier alpha value is -1.88. The number of amides is 1. The molecule has 23 heavy (non-hydrogen) atoms. The van der Waals surface area contributed by atoms with Gasteiger partial charge in [0.25, 0.3) is 5.91 Å². The Balaban J connectivity index is 1.66. The van der Waals surface area contributed by atoms with Crippen LogP contribution >= 0.6 is 11.6 Å². The first-order valence-electron chi connectivity index (χ1n) is 7.65. The van der Waals surface area contributed by atoms with Crippen LogP contribution in [0, 0.1) is 0 Å². The number of carbonyl (C=O) groups excluding carboxylic acids is 1. The number of hydrogen-bond acceptors (Lipinski definition) is 3. The van der Waals surface area contributed by atoms with Crippen LogP contribution in [-0.4, -0.2) is 25.1 Å². The number of benzene rings is 2. The van der Waals surface area contributed by atoms with E-state index in [-0.39, 0.29) is 18.1 Å². The van der Waals surface area contributed by atoms with Crippen LogP contribution in [0.1, 0.15) is 28.9 Å². The number of nitrogens with one attached hydrogen (secondary N) is 2. The molecule has 1 saturated heterocycles. The van der Waals surface area contributed by atoms with Gasteiger partial charge in [-0.2, -0.15) is 0 Å². The minimum atomic E-state index is -0.176. The third-order valence-corrected chi connectivity index (χ3v) is 4.02. The summed E-state index contributed by atoms with van der Waals surface area (Å²) >= 11 is 5.91. The van der Waals surface area contributed by atoms with E-state index in [4.69, 9.17) is 16.3 Å². The molecule has 0 radical (unpaired) electrons. The summed E-state index contributed by atoms with van der Waals surface area (Å²) in [7, 11) is 0. The lowest BCUT2D eigenvalue weighted by Crippen LogP contribution is -2.38. The molecule has 2 atom stereocenters. The Bertz CT molecular complexity index is 688. The maximum Gasteiger partial charge on any atom is 0.255 e. The van der Waals surface area contributed by atoms with Crippen molar-refractivity contribution >= 4 is 23.2 Å². The maximum absolute atomic E-state index is 12.2. The molecule has 2 aromatic rings. The van der Waals surface area contributed by atoms with Crippen LogP contribution in [0.5, 0.6) is 0 Å². The number of ether oxygens (including phenoxy) is 1. The second-order valence-electron chi connectivity index (χ2n) is 5.68. The quantitative estimate of drug-likeness (QED) is 0.903. The highest BCUT2D eigenvalue weighted by molar-refractivity contribution is 6.31. The highest BCUT2D eigenvalue weighted by Crippen LogP contribution is 2.23. The van der Waals surface area contributed by atoms with E-state index in [0.29, 0.717) is 10.6 Å². The van der Waals surface area contributed by atoms with E-state index in [1.807, 2.05) is 24.3 Å². The van der Waals surface area contributed by atoms with Gasteiger partial charge in [0.15, 0.2) is 0 Å². The second kappa shape index (κ2) is 7.13. The summed E-state index contributed by atoms with van der Waals surface area (Å²) in [6.45, 7) is 3.74. The van der Waals surface area contributed by atoms with Crippen molar-refractivity contribution in [2.45, 2.75) is 19.1 Å². The fourth-order valence-corrected chi connectivity index (χ4v) is 2.80. The van der Waals surface area contributed by atoms with Gasteiger partial charge in [-0.3, -0.25) is 4.79 Å². The third kappa shape index (κ3) is 4.10. The molecule has 0 bridgehead atoms. The number of hydrogen-bond donors (Lipinski definition) is 2. The molecule has 0 aliphatic carbocycles. The Labute approximate surface area is 140 Å². The van der Waals surface area contributed by atoms with E-state index in [9.17, 15) is 4.79 Å². The molecule has 1 unspecified atom stereocenters. The van der Waals surface area contributed by atoms with Crippen LogP contribution in [0.2, 0.25) is 5.02 Å². The molecule has 0 spiro atoms. The van der Waals surface area contributed by atoms with Gasteiger partial charge in [-0.25, -0.2) is 0 Å². The van der Waals surface area contributed by atoms with Gasteiger partial charge in [-0.15, -0.1) is 0 Å². The average molecular weight is 331 g/mol. The zero-order valence-corrected chi connectivity index (χ0v) is 13.6. The maximum atomic E-state index is 12.2. The van der Waals surface area contributed by atoms with E-state index < -0.39 is 0 Å². The highest BCUT2D eigenvalue weighted by Gasteiger charge is 2.20. The molecular formula is C18H19ClN2O2. The Morgan fingerprint density at radius 3 is 2.70 bits per heavy atom. The SMILES string of the molecule is C[C@H]1CNCC(c2ccc(NC(=O)c3cccc(Cl)c3)cc2)O1. The fourth-order valence-electron chi connectivity index (χ4n) is 2.60. The largest absolute Gasteiger partial charge is 0.368 e. The number of carbonyl (C=O) groups is 1. The second-order valence-corrected chi connectivity index (χ2v) is 6.12. The summed E-state index contributed by atoms with van der Waals surface area (Å²) in [4.78, 5) is 12.2. The summed E-state index contributed by atoms with van der Waals surface area (Å²) in [6, 6.07) is 14.6. The van der Waals surface area contributed by atoms with Crippen LogP contribution in [0.15, 0.2) is 48.5 Å². The molecule has 4 nitrogen and oxygen atoms in total.